The monoisotopic (exact) mass is 430 g/mol. The number of carbonyl (C=O) groups excluding carboxylic acids is 2. The van der Waals surface area contributed by atoms with Crippen molar-refractivity contribution in [1.82, 2.24) is 14.9 Å². The van der Waals surface area contributed by atoms with Gasteiger partial charge in [-0.1, -0.05) is 0 Å². The summed E-state index contributed by atoms with van der Waals surface area (Å²) >= 11 is 0. The zero-order valence-corrected chi connectivity index (χ0v) is 18.8. The number of aromatic amines is 1. The Hall–Kier alpha value is -1.89. The largest absolute Gasteiger partial charge is 0.465 e. The first-order valence-corrected chi connectivity index (χ1v) is 11.6. The Labute approximate surface area is 185 Å². The van der Waals surface area contributed by atoms with E-state index in [1.165, 1.54) is 38.5 Å². The number of H-pyrrole nitrogens is 1. The molecule has 1 radical (unpaired) electrons. The summed E-state index contributed by atoms with van der Waals surface area (Å²) in [5.74, 6) is 1.76. The van der Waals surface area contributed by atoms with Crippen LogP contribution in [0.3, 0.4) is 0 Å². The van der Waals surface area contributed by atoms with Gasteiger partial charge >= 0.3 is 11.9 Å². The predicted octanol–water partition coefficient (Wildman–Crippen LogP) is 3.03. The second-order valence-corrected chi connectivity index (χ2v) is 10.5. The van der Waals surface area contributed by atoms with Crippen molar-refractivity contribution in [3.8, 4) is 0 Å². The fourth-order valence-electron chi connectivity index (χ4n) is 6.50. The molecule has 4 aliphatic rings. The number of aromatic nitrogens is 2. The summed E-state index contributed by atoms with van der Waals surface area (Å²) in [4.78, 5) is 34.0. The minimum absolute atomic E-state index is 0.119. The third-order valence-corrected chi connectivity index (χ3v) is 7.48. The van der Waals surface area contributed by atoms with Gasteiger partial charge in [0.25, 0.3) is 0 Å². The van der Waals surface area contributed by atoms with Gasteiger partial charge in [0.05, 0.1) is 31.7 Å². The number of carbonyl (C=O) groups is 2. The van der Waals surface area contributed by atoms with Crippen LogP contribution < -0.4 is 0 Å². The Kier molecular flexibility index (Phi) is 6.70. The van der Waals surface area contributed by atoms with E-state index < -0.39 is 6.04 Å². The zero-order chi connectivity index (χ0) is 22.0. The van der Waals surface area contributed by atoms with Crippen molar-refractivity contribution in [3.63, 3.8) is 0 Å². The van der Waals surface area contributed by atoms with Gasteiger partial charge < -0.3 is 14.5 Å². The predicted molar refractivity (Wildman–Crippen MR) is 116 cm³/mol. The van der Waals surface area contributed by atoms with Gasteiger partial charge in [0.15, 0.2) is 0 Å². The Morgan fingerprint density at radius 2 is 1.77 bits per heavy atom. The molecular weight excluding hydrogens is 394 g/mol. The van der Waals surface area contributed by atoms with Crippen LogP contribution in [0.1, 0.15) is 50.6 Å². The molecule has 1 aromatic rings. The van der Waals surface area contributed by atoms with Crippen LogP contribution in [-0.2, 0) is 25.5 Å². The van der Waals surface area contributed by atoms with E-state index in [9.17, 15) is 9.59 Å². The summed E-state index contributed by atoms with van der Waals surface area (Å²) < 4.78 is 11.0. The Morgan fingerprint density at radius 1 is 1.16 bits per heavy atom. The number of hydrogen-bond donors (Lipinski definition) is 1. The molecule has 1 heterocycles. The smallest absolute Gasteiger partial charge is 0.323 e. The summed E-state index contributed by atoms with van der Waals surface area (Å²) in [6.45, 7) is 4.32. The van der Waals surface area contributed by atoms with Crippen LogP contribution in [0.15, 0.2) is 12.5 Å². The van der Waals surface area contributed by atoms with E-state index >= 15 is 0 Å². The maximum atomic E-state index is 12.6. The maximum absolute atomic E-state index is 12.6. The molecule has 4 aliphatic carbocycles. The summed E-state index contributed by atoms with van der Waals surface area (Å²) in [5.41, 5.74) is 0.987. The molecule has 171 valence electrons. The van der Waals surface area contributed by atoms with Crippen molar-refractivity contribution in [2.24, 2.45) is 29.1 Å². The summed E-state index contributed by atoms with van der Waals surface area (Å²) in [6.07, 6.45) is 12.1. The number of esters is 2. The maximum Gasteiger partial charge on any atom is 0.323 e. The van der Waals surface area contributed by atoms with Gasteiger partial charge in [-0.3, -0.25) is 14.5 Å². The molecular formula is C24H36N3O4. The first-order valence-electron chi connectivity index (χ1n) is 11.6. The molecule has 0 aliphatic heterocycles. The molecule has 7 nitrogen and oxygen atoms in total. The average Bonchev–Trinajstić information content (AvgIpc) is 3.20. The minimum atomic E-state index is -0.422. The van der Waals surface area contributed by atoms with Crippen LogP contribution in [-0.4, -0.2) is 60.2 Å². The van der Waals surface area contributed by atoms with E-state index in [1.54, 1.807) is 12.5 Å². The number of nitrogens with one attached hydrogen (secondary N) is 1. The number of hydrogen-bond acceptors (Lipinski definition) is 6. The van der Waals surface area contributed by atoms with Crippen molar-refractivity contribution < 1.29 is 19.1 Å². The second kappa shape index (κ2) is 9.31. The van der Waals surface area contributed by atoms with Gasteiger partial charge in [-0.05, 0) is 82.7 Å². The number of nitrogens with zero attached hydrogens (tertiary/aromatic N) is 2. The fraction of sp³-hybridized carbons (Fsp3) is 0.750. The lowest BCUT2D eigenvalue weighted by atomic mass is 9.49. The molecule has 1 unspecified atom stereocenters. The van der Waals surface area contributed by atoms with E-state index in [1.807, 2.05) is 19.0 Å². The molecule has 4 saturated carbocycles. The zero-order valence-electron chi connectivity index (χ0n) is 18.8. The summed E-state index contributed by atoms with van der Waals surface area (Å²) in [5, 5.41) is 0. The number of imidazole rings is 1. The Bertz CT molecular complexity index is 726. The highest BCUT2D eigenvalue weighted by Crippen LogP contribution is 2.61. The standard InChI is InChI=1S/C24H36N3O4/c1-16(14-31-23(29)21(27(2)3)7-20-12-25-15-26-20)13-30-22(28)11-24-8-17-4-18(9-24)6-19(5-17)10-24/h12,15-19,21H,1,4-11,13-14H2,2-3H3,(H,25,26)/t16?,17?,18?,19?,21-,24?/m0/s1. The van der Waals surface area contributed by atoms with Crippen LogP contribution in [0.25, 0.3) is 0 Å². The van der Waals surface area contributed by atoms with Crippen molar-refractivity contribution in [2.75, 3.05) is 27.3 Å². The van der Waals surface area contributed by atoms with Gasteiger partial charge in [-0.25, -0.2) is 4.98 Å². The van der Waals surface area contributed by atoms with Crippen molar-refractivity contribution in [3.05, 3.63) is 25.1 Å². The highest BCUT2D eigenvalue weighted by molar-refractivity contribution is 5.76. The van der Waals surface area contributed by atoms with Crippen molar-refractivity contribution in [1.29, 1.82) is 0 Å². The van der Waals surface area contributed by atoms with Gasteiger partial charge in [0.2, 0.25) is 0 Å². The normalized spacial score (nSPS) is 30.9. The number of rotatable bonds is 10. The Balaban J connectivity index is 1.19. The van der Waals surface area contributed by atoms with Gasteiger partial charge in [-0.2, -0.15) is 0 Å². The first kappa shape index (κ1) is 22.3. The third kappa shape index (κ3) is 5.48. The molecule has 0 spiro atoms. The molecule has 2 atom stereocenters. The lowest BCUT2D eigenvalue weighted by molar-refractivity contribution is -0.155. The average molecular weight is 431 g/mol. The van der Waals surface area contributed by atoms with E-state index in [0.29, 0.717) is 12.8 Å². The molecule has 0 saturated heterocycles. The Morgan fingerprint density at radius 3 is 2.32 bits per heavy atom. The van der Waals surface area contributed by atoms with E-state index in [2.05, 4.69) is 16.9 Å². The third-order valence-electron chi connectivity index (χ3n) is 7.48. The van der Waals surface area contributed by atoms with Gasteiger partial charge in [0.1, 0.15) is 6.04 Å². The van der Waals surface area contributed by atoms with Crippen LogP contribution in [0, 0.1) is 36.0 Å². The molecule has 4 fully saturated rings. The highest BCUT2D eigenvalue weighted by Gasteiger charge is 2.51. The van der Waals surface area contributed by atoms with Crippen LogP contribution in [0.5, 0.6) is 0 Å². The van der Waals surface area contributed by atoms with Gasteiger partial charge in [-0.15, -0.1) is 0 Å². The SMILES string of the molecule is [CH2]C(COC(=O)CC12CC3CC(CC(C3)C1)C2)COC(=O)[C@H](Cc1c[nH]cn1)N(C)C. The fourth-order valence-corrected chi connectivity index (χ4v) is 6.50. The molecule has 1 aromatic heterocycles. The van der Waals surface area contributed by atoms with E-state index in [4.69, 9.17) is 9.47 Å². The summed E-state index contributed by atoms with van der Waals surface area (Å²) in [7, 11) is 3.68. The van der Waals surface area contributed by atoms with Crippen LogP contribution >= 0.6 is 0 Å². The van der Waals surface area contributed by atoms with Gasteiger partial charge in [0, 0.05) is 18.5 Å². The number of likely N-dealkylation sites (N-methyl/N-ethyl adjacent to an activating group) is 1. The van der Waals surface area contributed by atoms with Crippen LogP contribution in [0.4, 0.5) is 0 Å². The topological polar surface area (TPSA) is 84.5 Å². The molecule has 7 heteroatoms. The molecule has 4 bridgehead atoms. The molecule has 31 heavy (non-hydrogen) atoms. The molecule has 1 N–H and O–H groups in total. The quantitative estimate of drug-likeness (QED) is 0.575. The first-order chi connectivity index (χ1) is 14.8. The molecule has 0 amide bonds. The highest BCUT2D eigenvalue weighted by atomic mass is 16.5. The summed E-state index contributed by atoms with van der Waals surface area (Å²) in [6, 6.07) is -0.422. The second-order valence-electron chi connectivity index (χ2n) is 10.5. The van der Waals surface area contributed by atoms with Crippen LogP contribution in [0.2, 0.25) is 0 Å². The van der Waals surface area contributed by atoms with Crippen molar-refractivity contribution >= 4 is 11.9 Å². The number of ether oxygens (including phenoxy) is 2. The van der Waals surface area contributed by atoms with E-state index in [-0.39, 0.29) is 36.5 Å². The lowest BCUT2D eigenvalue weighted by Crippen LogP contribution is -2.47. The molecule has 5 rings (SSSR count). The minimum Gasteiger partial charge on any atom is -0.465 e. The van der Waals surface area contributed by atoms with Crippen molar-refractivity contribution in [2.45, 2.75) is 57.4 Å². The molecule has 0 aromatic carbocycles. The lowest BCUT2D eigenvalue weighted by Gasteiger charge is -2.56. The van der Waals surface area contributed by atoms with E-state index in [0.717, 1.165) is 23.4 Å².